The standard InChI is InChI=1S/C12H15Cl2NO3/c1-7(2)17-3-4-18-12(16)8-5-9(13)11(15)10(14)6-8/h5-7H,3-4,15H2,1-2H3. The smallest absolute Gasteiger partial charge is 0.338 e. The molecular formula is C12H15Cl2NO3. The van der Waals surface area contributed by atoms with E-state index in [-0.39, 0.29) is 34.0 Å². The van der Waals surface area contributed by atoms with Crippen LogP contribution in [-0.2, 0) is 9.47 Å². The maximum atomic E-state index is 11.7. The van der Waals surface area contributed by atoms with Crippen molar-refractivity contribution in [2.75, 3.05) is 18.9 Å². The van der Waals surface area contributed by atoms with Gasteiger partial charge in [-0.2, -0.15) is 0 Å². The highest BCUT2D eigenvalue weighted by Gasteiger charge is 2.12. The first-order chi connectivity index (χ1) is 8.41. The molecule has 4 nitrogen and oxygen atoms in total. The minimum atomic E-state index is -0.508. The number of nitrogens with two attached hydrogens (primary N) is 1. The van der Waals surface area contributed by atoms with E-state index in [1.54, 1.807) is 0 Å². The third kappa shape index (κ3) is 4.37. The Morgan fingerprint density at radius 3 is 2.33 bits per heavy atom. The molecule has 0 aliphatic rings. The lowest BCUT2D eigenvalue weighted by Crippen LogP contribution is -2.13. The molecule has 0 saturated carbocycles. The minimum absolute atomic E-state index is 0.101. The summed E-state index contributed by atoms with van der Waals surface area (Å²) in [6, 6.07) is 2.85. The Morgan fingerprint density at radius 2 is 1.83 bits per heavy atom. The molecule has 0 aromatic heterocycles. The Bertz CT molecular complexity index is 412. The number of nitrogen functional groups attached to an aromatic ring is 1. The SMILES string of the molecule is CC(C)OCCOC(=O)c1cc(Cl)c(N)c(Cl)c1. The van der Waals surface area contributed by atoms with Crippen LogP contribution in [0, 0.1) is 0 Å². The molecule has 0 aliphatic carbocycles. The third-order valence-electron chi connectivity index (χ3n) is 2.08. The first-order valence-electron chi connectivity index (χ1n) is 5.45. The van der Waals surface area contributed by atoms with Crippen LogP contribution in [0.25, 0.3) is 0 Å². The molecule has 0 amide bonds. The summed E-state index contributed by atoms with van der Waals surface area (Å²) in [5.41, 5.74) is 6.09. The Labute approximate surface area is 116 Å². The lowest BCUT2D eigenvalue weighted by molar-refractivity contribution is 0.0177. The van der Waals surface area contributed by atoms with Crippen LogP contribution >= 0.6 is 23.2 Å². The van der Waals surface area contributed by atoms with Crippen LogP contribution in [0.3, 0.4) is 0 Å². The molecule has 1 rings (SSSR count). The van der Waals surface area contributed by atoms with E-state index in [2.05, 4.69) is 0 Å². The molecule has 0 aliphatic heterocycles. The summed E-state index contributed by atoms with van der Waals surface area (Å²) in [7, 11) is 0. The zero-order chi connectivity index (χ0) is 13.7. The summed E-state index contributed by atoms with van der Waals surface area (Å²) in [5, 5.41) is 0.459. The maximum absolute atomic E-state index is 11.7. The molecule has 0 spiro atoms. The first-order valence-corrected chi connectivity index (χ1v) is 6.20. The Balaban J connectivity index is 2.57. The van der Waals surface area contributed by atoms with Crippen LogP contribution in [-0.4, -0.2) is 25.3 Å². The highest BCUT2D eigenvalue weighted by molar-refractivity contribution is 6.39. The summed E-state index contributed by atoms with van der Waals surface area (Å²) in [6.07, 6.45) is 0.101. The average molecular weight is 292 g/mol. The monoisotopic (exact) mass is 291 g/mol. The van der Waals surface area contributed by atoms with Crippen molar-refractivity contribution >= 4 is 34.9 Å². The molecule has 0 saturated heterocycles. The molecule has 0 atom stereocenters. The van der Waals surface area contributed by atoms with Gasteiger partial charge in [0.25, 0.3) is 0 Å². The van der Waals surface area contributed by atoms with Crippen LogP contribution in [0.1, 0.15) is 24.2 Å². The summed E-state index contributed by atoms with van der Waals surface area (Å²) >= 11 is 11.6. The van der Waals surface area contributed by atoms with Crippen molar-refractivity contribution in [3.63, 3.8) is 0 Å². The number of halogens is 2. The molecule has 0 bridgehead atoms. The number of carbonyl (C=O) groups excluding carboxylic acids is 1. The number of hydrogen-bond acceptors (Lipinski definition) is 4. The molecule has 18 heavy (non-hydrogen) atoms. The molecule has 0 heterocycles. The summed E-state index contributed by atoms with van der Waals surface area (Å²) in [6.45, 7) is 4.33. The van der Waals surface area contributed by atoms with Crippen molar-refractivity contribution in [3.05, 3.63) is 27.7 Å². The van der Waals surface area contributed by atoms with Gasteiger partial charge in [0.05, 0.1) is 34.0 Å². The van der Waals surface area contributed by atoms with Gasteiger partial charge >= 0.3 is 5.97 Å². The summed E-state index contributed by atoms with van der Waals surface area (Å²) < 4.78 is 10.3. The van der Waals surface area contributed by atoms with Crippen LogP contribution in [0.4, 0.5) is 5.69 Å². The van der Waals surface area contributed by atoms with E-state index >= 15 is 0 Å². The van der Waals surface area contributed by atoms with Crippen LogP contribution < -0.4 is 5.73 Å². The van der Waals surface area contributed by atoms with E-state index in [1.165, 1.54) is 12.1 Å². The zero-order valence-corrected chi connectivity index (χ0v) is 11.7. The Morgan fingerprint density at radius 1 is 1.28 bits per heavy atom. The Kier molecular flexibility index (Phi) is 5.72. The lowest BCUT2D eigenvalue weighted by Gasteiger charge is -2.09. The van der Waals surface area contributed by atoms with E-state index in [0.717, 1.165) is 0 Å². The molecule has 0 fully saturated rings. The normalized spacial score (nSPS) is 10.7. The second-order valence-corrected chi connectivity index (χ2v) is 4.72. The number of carbonyl (C=O) groups is 1. The maximum Gasteiger partial charge on any atom is 0.338 e. The van der Waals surface area contributed by atoms with E-state index in [4.69, 9.17) is 38.4 Å². The van der Waals surface area contributed by atoms with Crippen LogP contribution in [0.2, 0.25) is 10.0 Å². The highest BCUT2D eigenvalue weighted by atomic mass is 35.5. The van der Waals surface area contributed by atoms with Crippen molar-refractivity contribution in [3.8, 4) is 0 Å². The summed E-state index contributed by atoms with van der Waals surface area (Å²) in [5.74, 6) is -0.508. The fourth-order valence-electron chi connectivity index (χ4n) is 1.20. The predicted octanol–water partition coefficient (Wildman–Crippen LogP) is 3.16. The third-order valence-corrected chi connectivity index (χ3v) is 2.71. The number of benzene rings is 1. The van der Waals surface area contributed by atoms with Gasteiger partial charge in [-0.25, -0.2) is 4.79 Å². The van der Waals surface area contributed by atoms with Gasteiger partial charge in [0, 0.05) is 0 Å². The fraction of sp³-hybridized carbons (Fsp3) is 0.417. The van der Waals surface area contributed by atoms with Crippen LogP contribution in [0.5, 0.6) is 0 Å². The molecule has 1 aromatic rings. The lowest BCUT2D eigenvalue weighted by atomic mass is 10.2. The molecule has 1 aromatic carbocycles. The molecule has 2 N–H and O–H groups in total. The van der Waals surface area contributed by atoms with E-state index in [1.807, 2.05) is 13.8 Å². The molecule has 0 unspecified atom stereocenters. The predicted molar refractivity (Wildman–Crippen MR) is 72.2 cm³/mol. The van der Waals surface area contributed by atoms with Gasteiger partial charge in [-0.15, -0.1) is 0 Å². The second kappa shape index (κ2) is 6.83. The average Bonchev–Trinajstić information content (AvgIpc) is 2.30. The van der Waals surface area contributed by atoms with Gasteiger partial charge in [0.1, 0.15) is 6.61 Å². The fourth-order valence-corrected chi connectivity index (χ4v) is 1.69. The van der Waals surface area contributed by atoms with Crippen molar-refractivity contribution in [1.82, 2.24) is 0 Å². The minimum Gasteiger partial charge on any atom is -0.460 e. The quantitative estimate of drug-likeness (QED) is 0.514. The van der Waals surface area contributed by atoms with Gasteiger partial charge in [0.2, 0.25) is 0 Å². The topological polar surface area (TPSA) is 61.5 Å². The largest absolute Gasteiger partial charge is 0.460 e. The summed E-state index contributed by atoms with van der Waals surface area (Å²) in [4.78, 5) is 11.7. The number of rotatable bonds is 5. The van der Waals surface area contributed by atoms with Gasteiger partial charge in [0.15, 0.2) is 0 Å². The number of anilines is 1. The zero-order valence-electron chi connectivity index (χ0n) is 10.2. The van der Waals surface area contributed by atoms with Crippen molar-refractivity contribution < 1.29 is 14.3 Å². The molecule has 100 valence electrons. The van der Waals surface area contributed by atoms with E-state index in [9.17, 15) is 4.79 Å². The van der Waals surface area contributed by atoms with Gasteiger partial charge in [-0.05, 0) is 26.0 Å². The van der Waals surface area contributed by atoms with Crippen molar-refractivity contribution in [1.29, 1.82) is 0 Å². The number of hydrogen-bond donors (Lipinski definition) is 1. The van der Waals surface area contributed by atoms with Crippen LogP contribution in [0.15, 0.2) is 12.1 Å². The molecular weight excluding hydrogens is 277 g/mol. The van der Waals surface area contributed by atoms with E-state index < -0.39 is 5.97 Å². The van der Waals surface area contributed by atoms with Crippen molar-refractivity contribution in [2.45, 2.75) is 20.0 Å². The van der Waals surface area contributed by atoms with Gasteiger partial charge in [-0.3, -0.25) is 0 Å². The highest BCUT2D eigenvalue weighted by Crippen LogP contribution is 2.29. The second-order valence-electron chi connectivity index (χ2n) is 3.91. The number of esters is 1. The van der Waals surface area contributed by atoms with Crippen molar-refractivity contribution in [2.24, 2.45) is 0 Å². The van der Waals surface area contributed by atoms with Gasteiger partial charge in [-0.1, -0.05) is 23.2 Å². The number of ether oxygens (including phenoxy) is 2. The molecule has 6 heteroatoms. The molecule has 0 radical (unpaired) electrons. The van der Waals surface area contributed by atoms with Gasteiger partial charge < -0.3 is 15.2 Å². The first kappa shape index (κ1) is 15.1. The van der Waals surface area contributed by atoms with E-state index in [0.29, 0.717) is 6.61 Å². The Hall–Kier alpha value is -0.970.